The molecule has 1 amide bonds. The van der Waals surface area contributed by atoms with Crippen LogP contribution >= 0.6 is 11.3 Å². The van der Waals surface area contributed by atoms with Crippen molar-refractivity contribution in [2.24, 2.45) is 7.05 Å². The van der Waals surface area contributed by atoms with E-state index in [-0.39, 0.29) is 11.5 Å². The Labute approximate surface area is 107 Å². The second kappa shape index (κ2) is 4.61. The van der Waals surface area contributed by atoms with Gasteiger partial charge in [-0.1, -0.05) is 0 Å². The van der Waals surface area contributed by atoms with Gasteiger partial charge in [0.25, 0.3) is 5.91 Å². The number of anilines is 1. The Morgan fingerprint density at radius 1 is 1.50 bits per heavy atom. The molecule has 94 valence electrons. The number of nitrogens with zero attached hydrogens (tertiary/aromatic N) is 2. The molecule has 0 fully saturated rings. The fourth-order valence-electron chi connectivity index (χ4n) is 1.53. The van der Waals surface area contributed by atoms with Gasteiger partial charge in [-0.05, 0) is 19.1 Å². The zero-order chi connectivity index (χ0) is 13.3. The highest BCUT2D eigenvalue weighted by Crippen LogP contribution is 2.27. The number of nitrogens with one attached hydrogen (secondary N) is 1. The first-order chi connectivity index (χ1) is 8.49. The molecule has 0 aliphatic heterocycles. The summed E-state index contributed by atoms with van der Waals surface area (Å²) in [6, 6.07) is 3.10. The topological polar surface area (TPSA) is 84.2 Å². The summed E-state index contributed by atoms with van der Waals surface area (Å²) in [5.41, 5.74) is 0.477. The Balaban J connectivity index is 2.27. The van der Waals surface area contributed by atoms with E-state index >= 15 is 0 Å². The van der Waals surface area contributed by atoms with Gasteiger partial charge in [0.05, 0.1) is 5.56 Å². The molecule has 2 rings (SSSR count). The molecule has 0 aliphatic carbocycles. The van der Waals surface area contributed by atoms with Crippen molar-refractivity contribution in [2.75, 3.05) is 5.32 Å². The number of thiophene rings is 1. The minimum Gasteiger partial charge on any atom is -0.478 e. The number of aromatic carboxylic acids is 1. The van der Waals surface area contributed by atoms with Crippen LogP contribution < -0.4 is 5.32 Å². The number of aryl methyl sites for hydroxylation is 2. The molecule has 2 heterocycles. The van der Waals surface area contributed by atoms with E-state index in [1.165, 1.54) is 28.3 Å². The summed E-state index contributed by atoms with van der Waals surface area (Å²) in [4.78, 5) is 23.8. The van der Waals surface area contributed by atoms with Crippen LogP contribution in [0.2, 0.25) is 0 Å². The minimum absolute atomic E-state index is 0.105. The molecule has 2 aromatic rings. The van der Waals surface area contributed by atoms with Gasteiger partial charge in [-0.25, -0.2) is 4.79 Å². The van der Waals surface area contributed by atoms with Crippen LogP contribution in [0.15, 0.2) is 18.3 Å². The van der Waals surface area contributed by atoms with Gasteiger partial charge >= 0.3 is 5.97 Å². The lowest BCUT2D eigenvalue weighted by Crippen LogP contribution is -2.16. The van der Waals surface area contributed by atoms with E-state index in [0.717, 1.165) is 4.88 Å². The maximum Gasteiger partial charge on any atom is 0.338 e. The average molecular weight is 265 g/mol. The summed E-state index contributed by atoms with van der Waals surface area (Å²) in [7, 11) is 1.65. The molecule has 18 heavy (non-hydrogen) atoms. The fourth-order valence-corrected chi connectivity index (χ4v) is 2.43. The predicted octanol–water partition coefficient (Wildman–Crippen LogP) is 1.74. The first-order valence-electron chi connectivity index (χ1n) is 5.12. The number of carboxylic acids is 1. The standard InChI is InChI=1S/C11H11N3O3S/c1-6-5-7(11(16)17)10(18-6)13-9(15)8-3-4-12-14(8)2/h3-5H,1-2H3,(H,13,15)(H,16,17). The zero-order valence-corrected chi connectivity index (χ0v) is 10.6. The molecule has 0 radical (unpaired) electrons. The van der Waals surface area contributed by atoms with E-state index < -0.39 is 5.97 Å². The molecule has 0 bridgehead atoms. The molecule has 2 N–H and O–H groups in total. The van der Waals surface area contributed by atoms with Crippen molar-refractivity contribution in [2.45, 2.75) is 6.92 Å². The Kier molecular flexibility index (Phi) is 3.15. The largest absolute Gasteiger partial charge is 0.478 e. The molecule has 0 atom stereocenters. The normalized spacial score (nSPS) is 10.3. The number of hydrogen-bond donors (Lipinski definition) is 2. The smallest absolute Gasteiger partial charge is 0.338 e. The number of hydrogen-bond acceptors (Lipinski definition) is 4. The van der Waals surface area contributed by atoms with E-state index in [2.05, 4.69) is 10.4 Å². The number of amides is 1. The van der Waals surface area contributed by atoms with Crippen molar-refractivity contribution in [3.8, 4) is 0 Å². The van der Waals surface area contributed by atoms with Crippen molar-refractivity contribution in [1.29, 1.82) is 0 Å². The van der Waals surface area contributed by atoms with Crippen LogP contribution in [0.1, 0.15) is 25.7 Å². The van der Waals surface area contributed by atoms with E-state index in [1.54, 1.807) is 20.0 Å². The van der Waals surface area contributed by atoms with Gasteiger partial charge in [-0.15, -0.1) is 11.3 Å². The first-order valence-corrected chi connectivity index (χ1v) is 5.93. The zero-order valence-electron chi connectivity index (χ0n) is 9.80. The lowest BCUT2D eigenvalue weighted by molar-refractivity contribution is 0.0698. The summed E-state index contributed by atoms with van der Waals surface area (Å²) in [6.07, 6.45) is 1.51. The Bertz CT molecular complexity index is 615. The highest BCUT2D eigenvalue weighted by atomic mass is 32.1. The Morgan fingerprint density at radius 3 is 2.78 bits per heavy atom. The predicted molar refractivity (Wildman–Crippen MR) is 67.2 cm³/mol. The van der Waals surface area contributed by atoms with Gasteiger partial charge in [0, 0.05) is 18.1 Å². The van der Waals surface area contributed by atoms with E-state index in [4.69, 9.17) is 5.11 Å². The van der Waals surface area contributed by atoms with Crippen molar-refractivity contribution >= 4 is 28.2 Å². The van der Waals surface area contributed by atoms with Crippen LogP contribution in [0.4, 0.5) is 5.00 Å². The van der Waals surface area contributed by atoms with Crippen molar-refractivity contribution in [3.63, 3.8) is 0 Å². The number of carbonyl (C=O) groups is 2. The SMILES string of the molecule is Cc1cc(C(=O)O)c(NC(=O)c2ccnn2C)s1. The van der Waals surface area contributed by atoms with Crippen LogP contribution in [-0.4, -0.2) is 26.8 Å². The Morgan fingerprint density at radius 2 is 2.22 bits per heavy atom. The average Bonchev–Trinajstić information content (AvgIpc) is 2.84. The molecular weight excluding hydrogens is 254 g/mol. The highest BCUT2D eigenvalue weighted by Gasteiger charge is 2.17. The first kappa shape index (κ1) is 12.3. The lowest BCUT2D eigenvalue weighted by Gasteiger charge is -2.04. The summed E-state index contributed by atoms with van der Waals surface area (Å²) in [6.45, 7) is 1.79. The van der Waals surface area contributed by atoms with Gasteiger partial charge in [0.1, 0.15) is 10.7 Å². The molecule has 0 saturated heterocycles. The van der Waals surface area contributed by atoms with Crippen LogP contribution in [0.3, 0.4) is 0 Å². The minimum atomic E-state index is -1.06. The summed E-state index contributed by atoms with van der Waals surface area (Å²) < 4.78 is 1.43. The summed E-state index contributed by atoms with van der Waals surface area (Å²) in [5, 5.41) is 15.8. The van der Waals surface area contributed by atoms with E-state index in [1.807, 2.05) is 0 Å². The number of aromatic nitrogens is 2. The van der Waals surface area contributed by atoms with E-state index in [9.17, 15) is 9.59 Å². The quantitative estimate of drug-likeness (QED) is 0.885. The van der Waals surface area contributed by atoms with E-state index in [0.29, 0.717) is 10.7 Å². The third kappa shape index (κ3) is 2.25. The molecule has 7 heteroatoms. The molecule has 0 aliphatic rings. The van der Waals surface area contributed by atoms with Gasteiger partial charge in [0.15, 0.2) is 0 Å². The molecule has 0 aromatic carbocycles. The number of rotatable bonds is 3. The van der Waals surface area contributed by atoms with Gasteiger partial charge in [-0.2, -0.15) is 5.10 Å². The van der Waals surface area contributed by atoms with Crippen LogP contribution in [0.25, 0.3) is 0 Å². The number of carbonyl (C=O) groups excluding carboxylic acids is 1. The lowest BCUT2D eigenvalue weighted by atomic mass is 10.3. The second-order valence-corrected chi connectivity index (χ2v) is 4.96. The van der Waals surface area contributed by atoms with Crippen LogP contribution in [0, 0.1) is 6.92 Å². The molecule has 6 nitrogen and oxygen atoms in total. The maximum absolute atomic E-state index is 11.9. The monoisotopic (exact) mass is 265 g/mol. The van der Waals surface area contributed by atoms with Gasteiger partial charge in [0.2, 0.25) is 0 Å². The van der Waals surface area contributed by atoms with Crippen molar-refractivity contribution in [1.82, 2.24) is 9.78 Å². The van der Waals surface area contributed by atoms with Crippen molar-refractivity contribution in [3.05, 3.63) is 34.5 Å². The maximum atomic E-state index is 11.9. The summed E-state index contributed by atoms with van der Waals surface area (Å²) >= 11 is 1.23. The van der Waals surface area contributed by atoms with Gasteiger partial charge < -0.3 is 10.4 Å². The fraction of sp³-hybridized carbons (Fsp3) is 0.182. The van der Waals surface area contributed by atoms with Crippen LogP contribution in [-0.2, 0) is 7.05 Å². The number of carboxylic acid groups (broad SMARTS) is 1. The Hall–Kier alpha value is -2.15. The van der Waals surface area contributed by atoms with Crippen molar-refractivity contribution < 1.29 is 14.7 Å². The van der Waals surface area contributed by atoms with Gasteiger partial charge in [-0.3, -0.25) is 9.48 Å². The molecule has 0 spiro atoms. The third-order valence-corrected chi connectivity index (χ3v) is 3.33. The molecule has 0 saturated carbocycles. The van der Waals surface area contributed by atoms with Crippen LogP contribution in [0.5, 0.6) is 0 Å². The molecule has 2 aromatic heterocycles. The highest BCUT2D eigenvalue weighted by molar-refractivity contribution is 7.16. The summed E-state index contributed by atoms with van der Waals surface area (Å²) in [5.74, 6) is -1.43. The molecule has 0 unspecified atom stereocenters. The second-order valence-electron chi connectivity index (χ2n) is 3.70. The third-order valence-electron chi connectivity index (χ3n) is 2.37. The molecular formula is C11H11N3O3S.